The lowest BCUT2D eigenvalue weighted by atomic mass is 10.0. The zero-order valence-corrected chi connectivity index (χ0v) is 14.3. The van der Waals surface area contributed by atoms with Gasteiger partial charge in [0, 0.05) is 38.4 Å². The molecule has 0 radical (unpaired) electrons. The lowest BCUT2D eigenvalue weighted by Gasteiger charge is -2.33. The fourth-order valence-corrected chi connectivity index (χ4v) is 3.01. The number of anilines is 1. The van der Waals surface area contributed by atoms with Crippen LogP contribution in [0.15, 0.2) is 12.1 Å². The predicted molar refractivity (Wildman–Crippen MR) is 90.1 cm³/mol. The van der Waals surface area contributed by atoms with Gasteiger partial charge in [-0.2, -0.15) is 0 Å². The number of hydrogen-bond acceptors (Lipinski definition) is 3. The first-order valence-corrected chi connectivity index (χ1v) is 7.38. The van der Waals surface area contributed by atoms with Crippen molar-refractivity contribution < 1.29 is 8.78 Å². The summed E-state index contributed by atoms with van der Waals surface area (Å²) in [7, 11) is 0. The average Bonchev–Trinajstić information content (AvgIpc) is 2.61. The molecule has 3 rings (SSSR count). The molecular formula is C15H23Cl2F2N3. The molecule has 1 saturated heterocycles. The number of aromatic nitrogens is 1. The second-order valence-corrected chi connectivity index (χ2v) is 5.91. The standard InChI is InChI=1S/C15H21F2N3.2ClH/c1-11-10-18-7-4-12-2-3-13(19-14(11)12)20-8-5-15(16,17)6-9-20;;/h2-3,11,18H,4-10H2,1H3;2*1H/t11-;;/m0../s1. The van der Waals surface area contributed by atoms with Gasteiger partial charge < -0.3 is 10.2 Å². The topological polar surface area (TPSA) is 28.2 Å². The van der Waals surface area contributed by atoms with Gasteiger partial charge in [0.1, 0.15) is 5.82 Å². The summed E-state index contributed by atoms with van der Waals surface area (Å²) < 4.78 is 26.5. The van der Waals surface area contributed by atoms with E-state index >= 15 is 0 Å². The van der Waals surface area contributed by atoms with Crippen molar-refractivity contribution in [3.63, 3.8) is 0 Å². The van der Waals surface area contributed by atoms with Crippen LogP contribution in [0.25, 0.3) is 0 Å². The van der Waals surface area contributed by atoms with Crippen LogP contribution >= 0.6 is 24.8 Å². The number of alkyl halides is 2. The maximum atomic E-state index is 13.2. The summed E-state index contributed by atoms with van der Waals surface area (Å²) >= 11 is 0. The zero-order chi connectivity index (χ0) is 14.2. The number of nitrogens with one attached hydrogen (secondary N) is 1. The summed E-state index contributed by atoms with van der Waals surface area (Å²) in [6.45, 7) is 4.87. The van der Waals surface area contributed by atoms with Crippen molar-refractivity contribution in [3.8, 4) is 0 Å². The Bertz CT molecular complexity index is 490. The van der Waals surface area contributed by atoms with Crippen molar-refractivity contribution in [2.24, 2.45) is 0 Å². The van der Waals surface area contributed by atoms with E-state index in [4.69, 9.17) is 4.98 Å². The van der Waals surface area contributed by atoms with E-state index in [9.17, 15) is 8.78 Å². The molecule has 1 atom stereocenters. The zero-order valence-electron chi connectivity index (χ0n) is 12.6. The van der Waals surface area contributed by atoms with E-state index in [0.717, 1.165) is 31.0 Å². The normalized spacial score (nSPS) is 23.6. The van der Waals surface area contributed by atoms with E-state index in [1.165, 1.54) is 5.56 Å². The van der Waals surface area contributed by atoms with Crippen LogP contribution in [0.2, 0.25) is 0 Å². The first-order valence-electron chi connectivity index (χ1n) is 7.38. The van der Waals surface area contributed by atoms with Crippen molar-refractivity contribution in [2.75, 3.05) is 31.1 Å². The van der Waals surface area contributed by atoms with Crippen LogP contribution in [0.3, 0.4) is 0 Å². The van der Waals surface area contributed by atoms with Gasteiger partial charge >= 0.3 is 0 Å². The van der Waals surface area contributed by atoms with Gasteiger partial charge in [-0.05, 0) is 24.6 Å². The third-order valence-corrected chi connectivity index (χ3v) is 4.30. The molecule has 2 aliphatic rings. The highest BCUT2D eigenvalue weighted by atomic mass is 35.5. The highest BCUT2D eigenvalue weighted by Crippen LogP contribution is 2.31. The Morgan fingerprint density at radius 2 is 1.91 bits per heavy atom. The van der Waals surface area contributed by atoms with Gasteiger partial charge in [0.05, 0.1) is 5.69 Å². The van der Waals surface area contributed by atoms with E-state index in [2.05, 4.69) is 18.3 Å². The molecule has 3 heterocycles. The number of halogens is 4. The van der Waals surface area contributed by atoms with Gasteiger partial charge in [-0.15, -0.1) is 24.8 Å². The predicted octanol–water partition coefficient (Wildman–Crippen LogP) is 3.41. The molecule has 22 heavy (non-hydrogen) atoms. The molecule has 0 saturated carbocycles. The molecule has 0 unspecified atom stereocenters. The number of fused-ring (bicyclic) bond motifs is 1. The van der Waals surface area contributed by atoms with E-state index in [-0.39, 0.29) is 37.7 Å². The van der Waals surface area contributed by atoms with Crippen molar-refractivity contribution in [1.29, 1.82) is 0 Å². The Labute approximate surface area is 142 Å². The van der Waals surface area contributed by atoms with Gasteiger partial charge in [0.25, 0.3) is 5.92 Å². The molecule has 1 aromatic rings. The van der Waals surface area contributed by atoms with E-state index in [1.54, 1.807) is 0 Å². The smallest absolute Gasteiger partial charge is 0.251 e. The summed E-state index contributed by atoms with van der Waals surface area (Å²) in [4.78, 5) is 6.76. The van der Waals surface area contributed by atoms with Gasteiger partial charge in [-0.25, -0.2) is 13.8 Å². The van der Waals surface area contributed by atoms with Gasteiger partial charge in [0.15, 0.2) is 0 Å². The van der Waals surface area contributed by atoms with Crippen LogP contribution < -0.4 is 10.2 Å². The molecule has 0 aliphatic carbocycles. The second kappa shape index (κ2) is 7.75. The summed E-state index contributed by atoms with van der Waals surface area (Å²) in [6, 6.07) is 4.11. The number of hydrogen-bond donors (Lipinski definition) is 1. The van der Waals surface area contributed by atoms with Crippen LogP contribution in [0, 0.1) is 0 Å². The number of nitrogens with zero attached hydrogens (tertiary/aromatic N) is 2. The third-order valence-electron chi connectivity index (χ3n) is 4.30. The van der Waals surface area contributed by atoms with Crippen LogP contribution in [-0.4, -0.2) is 37.1 Å². The largest absolute Gasteiger partial charge is 0.356 e. The van der Waals surface area contributed by atoms with E-state index in [0.29, 0.717) is 19.0 Å². The molecule has 3 nitrogen and oxygen atoms in total. The molecule has 1 fully saturated rings. The summed E-state index contributed by atoms with van der Waals surface area (Å²) in [5.74, 6) is -1.27. The molecule has 0 bridgehead atoms. The Morgan fingerprint density at radius 1 is 1.23 bits per heavy atom. The fraction of sp³-hybridized carbons (Fsp3) is 0.667. The van der Waals surface area contributed by atoms with Gasteiger partial charge in [0.2, 0.25) is 0 Å². The SMILES string of the molecule is C[C@H]1CNCCc2ccc(N3CCC(F)(F)CC3)nc21.Cl.Cl. The Kier molecular flexibility index (Phi) is 6.84. The molecular weight excluding hydrogens is 331 g/mol. The minimum absolute atomic E-state index is 0. The summed E-state index contributed by atoms with van der Waals surface area (Å²) in [5.41, 5.74) is 2.42. The Morgan fingerprint density at radius 3 is 2.59 bits per heavy atom. The minimum atomic E-state index is -2.50. The molecule has 7 heteroatoms. The third kappa shape index (κ3) is 4.21. The second-order valence-electron chi connectivity index (χ2n) is 5.91. The van der Waals surface area contributed by atoms with Crippen molar-refractivity contribution in [1.82, 2.24) is 10.3 Å². The highest BCUT2D eigenvalue weighted by Gasteiger charge is 2.34. The molecule has 2 aliphatic heterocycles. The first-order chi connectivity index (χ1) is 9.55. The maximum absolute atomic E-state index is 13.2. The minimum Gasteiger partial charge on any atom is -0.356 e. The van der Waals surface area contributed by atoms with Crippen LogP contribution in [0.4, 0.5) is 14.6 Å². The molecule has 0 amide bonds. The lowest BCUT2D eigenvalue weighted by Crippen LogP contribution is -2.39. The van der Waals surface area contributed by atoms with Crippen molar-refractivity contribution in [2.45, 2.75) is 38.0 Å². The Hall–Kier alpha value is -0.650. The lowest BCUT2D eigenvalue weighted by molar-refractivity contribution is -0.0221. The summed E-state index contributed by atoms with van der Waals surface area (Å²) in [5, 5.41) is 3.40. The average molecular weight is 354 g/mol. The molecule has 0 spiro atoms. The van der Waals surface area contributed by atoms with Crippen molar-refractivity contribution >= 4 is 30.6 Å². The monoisotopic (exact) mass is 353 g/mol. The van der Waals surface area contributed by atoms with Crippen molar-refractivity contribution in [3.05, 3.63) is 23.4 Å². The van der Waals surface area contributed by atoms with Crippen LogP contribution in [0.5, 0.6) is 0 Å². The van der Waals surface area contributed by atoms with Gasteiger partial charge in [-0.1, -0.05) is 13.0 Å². The molecule has 0 aromatic carbocycles. The van der Waals surface area contributed by atoms with Crippen LogP contribution in [0.1, 0.15) is 36.9 Å². The number of piperidine rings is 1. The number of rotatable bonds is 1. The maximum Gasteiger partial charge on any atom is 0.251 e. The van der Waals surface area contributed by atoms with Gasteiger partial charge in [-0.3, -0.25) is 0 Å². The first kappa shape index (κ1) is 19.4. The Balaban J connectivity index is 0.00000121. The quantitative estimate of drug-likeness (QED) is 0.838. The summed E-state index contributed by atoms with van der Waals surface area (Å²) in [6.07, 6.45) is 0.858. The van der Waals surface area contributed by atoms with E-state index < -0.39 is 5.92 Å². The van der Waals surface area contributed by atoms with E-state index in [1.807, 2.05) is 11.0 Å². The highest BCUT2D eigenvalue weighted by molar-refractivity contribution is 5.85. The molecule has 1 N–H and O–H groups in total. The van der Waals surface area contributed by atoms with Crippen LogP contribution in [-0.2, 0) is 6.42 Å². The molecule has 126 valence electrons. The number of pyridine rings is 1. The molecule has 1 aromatic heterocycles. The fourth-order valence-electron chi connectivity index (χ4n) is 3.01.